The Labute approximate surface area is 145 Å². The predicted octanol–water partition coefficient (Wildman–Crippen LogP) is -0.823. The summed E-state index contributed by atoms with van der Waals surface area (Å²) in [6.45, 7) is 0.719. The van der Waals surface area contributed by atoms with E-state index in [-0.39, 0.29) is 0 Å². The lowest BCUT2D eigenvalue weighted by atomic mass is 9.97. The maximum absolute atomic E-state index is 11.4. The highest BCUT2D eigenvalue weighted by Crippen LogP contribution is 2.27. The summed E-state index contributed by atoms with van der Waals surface area (Å²) in [5, 5.41) is 31.9. The van der Waals surface area contributed by atoms with Gasteiger partial charge in [-0.15, -0.1) is 0 Å². The third-order valence-corrected chi connectivity index (χ3v) is 4.59. The third-order valence-electron chi connectivity index (χ3n) is 3.80. The monoisotopic (exact) mass is 371 g/mol. The van der Waals surface area contributed by atoms with E-state index in [2.05, 4.69) is 5.32 Å². The van der Waals surface area contributed by atoms with Gasteiger partial charge in [-0.3, -0.25) is 4.79 Å². The number of carbonyl (C=O) groups is 1. The van der Waals surface area contributed by atoms with Crippen LogP contribution in [0, 0.1) is 0 Å². The topological polar surface area (TPSA) is 138 Å². The summed E-state index contributed by atoms with van der Waals surface area (Å²) >= 11 is 0.904. The fraction of sp³-hybridized carbons (Fsp3) is 0.467. The minimum atomic E-state index is -1.39. The predicted molar refractivity (Wildman–Crippen MR) is 86.4 cm³/mol. The van der Waals surface area contributed by atoms with Gasteiger partial charge in [0.15, 0.2) is 0 Å². The SMILES string of the molecule is CC(=O)N[C@H]1[C@@H](Oc2ccc3oc(=O)sc3c2)O[C@@H](CO)[C@@H](O)[C@@H]1O. The Balaban J connectivity index is 1.86. The van der Waals surface area contributed by atoms with Gasteiger partial charge in [-0.1, -0.05) is 11.3 Å². The van der Waals surface area contributed by atoms with E-state index in [0.717, 1.165) is 11.3 Å². The van der Waals surface area contributed by atoms with E-state index in [4.69, 9.17) is 13.9 Å². The number of amides is 1. The van der Waals surface area contributed by atoms with E-state index in [9.17, 15) is 24.9 Å². The molecule has 1 saturated heterocycles. The molecule has 136 valence electrons. The minimum Gasteiger partial charge on any atom is -0.463 e. The largest absolute Gasteiger partial charge is 0.463 e. The second-order valence-corrected chi connectivity index (χ2v) is 6.59. The lowest BCUT2D eigenvalue weighted by Crippen LogP contribution is -2.65. The van der Waals surface area contributed by atoms with Crippen molar-refractivity contribution < 1.29 is 34.0 Å². The quantitative estimate of drug-likeness (QED) is 0.547. The number of fused-ring (bicyclic) bond motifs is 1. The molecule has 5 atom stereocenters. The van der Waals surface area contributed by atoms with E-state index in [0.29, 0.717) is 16.0 Å². The molecule has 1 amide bonds. The van der Waals surface area contributed by atoms with Crippen LogP contribution in [0.3, 0.4) is 0 Å². The number of aliphatic hydroxyl groups excluding tert-OH is 3. The fourth-order valence-corrected chi connectivity index (χ4v) is 3.33. The molecule has 3 rings (SSSR count). The van der Waals surface area contributed by atoms with Crippen molar-refractivity contribution in [3.8, 4) is 5.75 Å². The van der Waals surface area contributed by atoms with Crippen molar-refractivity contribution in [2.75, 3.05) is 6.61 Å². The summed E-state index contributed by atoms with van der Waals surface area (Å²) in [6.07, 6.45) is -5.00. The molecule has 1 aromatic carbocycles. The van der Waals surface area contributed by atoms with Crippen molar-refractivity contribution in [3.63, 3.8) is 0 Å². The van der Waals surface area contributed by atoms with E-state index < -0.39 is 48.1 Å². The number of ether oxygens (including phenoxy) is 2. The number of rotatable bonds is 4. The Morgan fingerprint density at radius 1 is 1.36 bits per heavy atom. The van der Waals surface area contributed by atoms with E-state index >= 15 is 0 Å². The summed E-state index contributed by atoms with van der Waals surface area (Å²) < 4.78 is 16.7. The molecule has 4 N–H and O–H groups in total. The van der Waals surface area contributed by atoms with Crippen LogP contribution < -0.4 is 15.0 Å². The first-order valence-corrected chi connectivity index (χ1v) is 8.30. The van der Waals surface area contributed by atoms with Crippen LogP contribution in [0.15, 0.2) is 27.4 Å². The first kappa shape index (κ1) is 17.8. The molecule has 10 heteroatoms. The Morgan fingerprint density at radius 2 is 2.12 bits per heavy atom. The van der Waals surface area contributed by atoms with Crippen molar-refractivity contribution >= 4 is 27.5 Å². The lowest BCUT2D eigenvalue weighted by molar-refractivity contribution is -0.244. The number of aliphatic hydroxyl groups is 3. The molecular formula is C15H17NO8S. The Kier molecular flexibility index (Phi) is 5.06. The molecular weight excluding hydrogens is 354 g/mol. The molecule has 0 saturated carbocycles. The zero-order chi connectivity index (χ0) is 18.1. The summed E-state index contributed by atoms with van der Waals surface area (Å²) in [7, 11) is 0. The van der Waals surface area contributed by atoms with Gasteiger partial charge in [0.2, 0.25) is 12.2 Å². The number of nitrogens with one attached hydrogen (secondary N) is 1. The van der Waals surface area contributed by atoms with Gasteiger partial charge in [0.25, 0.3) is 0 Å². The summed E-state index contributed by atoms with van der Waals surface area (Å²) in [4.78, 5) is 22.2. The van der Waals surface area contributed by atoms with Gasteiger partial charge in [0.05, 0.1) is 11.3 Å². The highest BCUT2D eigenvalue weighted by Gasteiger charge is 2.46. The molecule has 2 heterocycles. The van der Waals surface area contributed by atoms with E-state index in [1.807, 2.05) is 0 Å². The maximum atomic E-state index is 11.4. The number of hydrogen-bond donors (Lipinski definition) is 4. The van der Waals surface area contributed by atoms with E-state index in [1.165, 1.54) is 13.0 Å². The zero-order valence-electron chi connectivity index (χ0n) is 13.1. The second kappa shape index (κ2) is 7.10. The minimum absolute atomic E-state index is 0.310. The van der Waals surface area contributed by atoms with Crippen LogP contribution in [-0.2, 0) is 9.53 Å². The highest BCUT2D eigenvalue weighted by molar-refractivity contribution is 7.16. The van der Waals surface area contributed by atoms with Crippen LogP contribution in [0.5, 0.6) is 5.75 Å². The maximum Gasteiger partial charge on any atom is 0.396 e. The molecule has 1 aliphatic heterocycles. The van der Waals surface area contributed by atoms with Crippen LogP contribution in [0.4, 0.5) is 0 Å². The number of hydrogen-bond acceptors (Lipinski definition) is 9. The van der Waals surface area contributed by atoms with Crippen molar-refractivity contribution in [1.82, 2.24) is 5.32 Å². The summed E-state index contributed by atoms with van der Waals surface area (Å²) in [5.41, 5.74) is 0.411. The van der Waals surface area contributed by atoms with Crippen molar-refractivity contribution in [3.05, 3.63) is 27.9 Å². The van der Waals surface area contributed by atoms with Gasteiger partial charge in [-0.2, -0.15) is 0 Å². The van der Waals surface area contributed by atoms with Crippen molar-refractivity contribution in [1.29, 1.82) is 0 Å². The van der Waals surface area contributed by atoms with Gasteiger partial charge in [0.1, 0.15) is 35.7 Å². The summed E-state index contributed by atoms with van der Waals surface area (Å²) in [6, 6.07) is 3.60. The third kappa shape index (κ3) is 3.67. The van der Waals surface area contributed by atoms with Crippen LogP contribution >= 0.6 is 11.3 Å². The molecule has 1 aromatic heterocycles. The molecule has 0 bridgehead atoms. The first-order valence-electron chi connectivity index (χ1n) is 7.49. The Morgan fingerprint density at radius 3 is 2.80 bits per heavy atom. The summed E-state index contributed by atoms with van der Waals surface area (Å²) in [5.74, 6) is -0.135. The van der Waals surface area contributed by atoms with Crippen molar-refractivity contribution in [2.24, 2.45) is 0 Å². The lowest BCUT2D eigenvalue weighted by Gasteiger charge is -2.42. The molecule has 25 heavy (non-hydrogen) atoms. The molecule has 0 spiro atoms. The first-order chi connectivity index (χ1) is 11.9. The smallest absolute Gasteiger partial charge is 0.396 e. The standard InChI is InChI=1S/C15H17NO8S/c1-6(18)16-11-13(20)12(19)9(5-17)23-14(11)22-7-2-3-8-10(4-7)25-15(21)24-8/h2-4,9,11-14,17,19-20H,5H2,1H3,(H,16,18)/t9-,11+,12+,13+,14-/m0/s1. The highest BCUT2D eigenvalue weighted by atomic mass is 32.1. The van der Waals surface area contributed by atoms with Crippen molar-refractivity contribution in [2.45, 2.75) is 37.6 Å². The average Bonchev–Trinajstić information content (AvgIpc) is 2.93. The van der Waals surface area contributed by atoms with E-state index in [1.54, 1.807) is 12.1 Å². The van der Waals surface area contributed by atoms with Crippen LogP contribution in [0.1, 0.15) is 6.92 Å². The average molecular weight is 371 g/mol. The zero-order valence-corrected chi connectivity index (χ0v) is 13.9. The van der Waals surface area contributed by atoms with Gasteiger partial charge in [-0.25, -0.2) is 4.79 Å². The molecule has 1 aliphatic rings. The Bertz CT molecular complexity index is 817. The second-order valence-electron chi connectivity index (χ2n) is 5.61. The van der Waals surface area contributed by atoms with Gasteiger partial charge >= 0.3 is 4.94 Å². The number of carbonyl (C=O) groups excluding carboxylic acids is 1. The molecule has 2 aromatic rings. The van der Waals surface area contributed by atoms with Gasteiger partial charge < -0.3 is 34.5 Å². The normalized spacial score (nSPS) is 29.5. The van der Waals surface area contributed by atoms with Gasteiger partial charge in [-0.05, 0) is 12.1 Å². The van der Waals surface area contributed by atoms with Crippen LogP contribution in [0.25, 0.3) is 10.3 Å². The Hall–Kier alpha value is -1.98. The molecule has 0 unspecified atom stereocenters. The molecule has 1 fully saturated rings. The van der Waals surface area contributed by atoms with Crippen LogP contribution in [0.2, 0.25) is 0 Å². The number of benzene rings is 1. The van der Waals surface area contributed by atoms with Gasteiger partial charge in [0, 0.05) is 13.0 Å². The fourth-order valence-electron chi connectivity index (χ4n) is 2.63. The molecule has 0 radical (unpaired) electrons. The molecule has 9 nitrogen and oxygen atoms in total. The molecule has 0 aliphatic carbocycles. The van der Waals surface area contributed by atoms with Crippen LogP contribution in [-0.4, -0.2) is 58.5 Å².